The van der Waals surface area contributed by atoms with Crippen molar-refractivity contribution in [2.45, 2.75) is 51.6 Å². The number of carbonyl (C=O) groups excluding carboxylic acids is 1. The van der Waals surface area contributed by atoms with Crippen LogP contribution in [-0.2, 0) is 4.79 Å². The van der Waals surface area contributed by atoms with Crippen LogP contribution in [0.3, 0.4) is 0 Å². The monoisotopic (exact) mass is 253 g/mol. The lowest BCUT2D eigenvalue weighted by atomic mass is 10.00. The molecule has 0 saturated carbocycles. The molecule has 0 radical (unpaired) electrons. The van der Waals surface area contributed by atoms with Crippen LogP contribution in [0.4, 0.5) is 0 Å². The second-order valence-corrected chi connectivity index (χ2v) is 6.12. The second kappa shape index (κ2) is 6.53. The standard InChI is InChI=1S/C14H27N3O/c1-11(2)10-17-8-5-12(6-9-17)16-13-4-3-7-15-14(13)18/h11-13,16H,3-10H2,1-2H3,(H,15,18). The lowest BCUT2D eigenvalue weighted by Gasteiger charge is -2.35. The van der Waals surface area contributed by atoms with E-state index in [1.165, 1.54) is 32.5 Å². The van der Waals surface area contributed by atoms with E-state index >= 15 is 0 Å². The zero-order valence-corrected chi connectivity index (χ0v) is 11.7. The number of rotatable bonds is 4. The van der Waals surface area contributed by atoms with E-state index in [9.17, 15) is 4.79 Å². The summed E-state index contributed by atoms with van der Waals surface area (Å²) in [5.74, 6) is 0.949. The number of nitrogens with zero attached hydrogens (tertiary/aromatic N) is 1. The predicted molar refractivity (Wildman–Crippen MR) is 73.5 cm³/mol. The van der Waals surface area contributed by atoms with Gasteiger partial charge in [-0.1, -0.05) is 13.8 Å². The fourth-order valence-corrected chi connectivity index (χ4v) is 3.01. The van der Waals surface area contributed by atoms with Crippen molar-refractivity contribution in [2.24, 2.45) is 5.92 Å². The van der Waals surface area contributed by atoms with Gasteiger partial charge in [0.25, 0.3) is 0 Å². The summed E-state index contributed by atoms with van der Waals surface area (Å²) in [6.07, 6.45) is 4.46. The van der Waals surface area contributed by atoms with Crippen LogP contribution in [0.2, 0.25) is 0 Å². The van der Waals surface area contributed by atoms with Gasteiger partial charge in [-0.3, -0.25) is 4.79 Å². The number of hydrogen-bond donors (Lipinski definition) is 2. The predicted octanol–water partition coefficient (Wildman–Crippen LogP) is 0.975. The molecule has 0 aromatic carbocycles. The maximum Gasteiger partial charge on any atom is 0.237 e. The minimum atomic E-state index is 0.0559. The molecule has 0 aliphatic carbocycles. The van der Waals surface area contributed by atoms with E-state index in [1.54, 1.807) is 0 Å². The Morgan fingerprint density at radius 2 is 2.06 bits per heavy atom. The van der Waals surface area contributed by atoms with Gasteiger partial charge in [-0.2, -0.15) is 0 Å². The van der Waals surface area contributed by atoms with E-state index in [-0.39, 0.29) is 11.9 Å². The van der Waals surface area contributed by atoms with Crippen molar-refractivity contribution in [1.29, 1.82) is 0 Å². The van der Waals surface area contributed by atoms with Crippen LogP contribution in [0.1, 0.15) is 39.5 Å². The van der Waals surface area contributed by atoms with Gasteiger partial charge in [-0.25, -0.2) is 0 Å². The summed E-state index contributed by atoms with van der Waals surface area (Å²) in [5.41, 5.74) is 0. The molecule has 1 atom stereocenters. The highest BCUT2D eigenvalue weighted by molar-refractivity contribution is 5.82. The summed E-state index contributed by atoms with van der Waals surface area (Å²) in [6.45, 7) is 8.95. The summed E-state index contributed by atoms with van der Waals surface area (Å²) >= 11 is 0. The van der Waals surface area contributed by atoms with Gasteiger partial charge in [-0.15, -0.1) is 0 Å². The summed E-state index contributed by atoms with van der Waals surface area (Å²) in [6, 6.07) is 0.586. The minimum Gasteiger partial charge on any atom is -0.355 e. The molecule has 104 valence electrons. The van der Waals surface area contributed by atoms with Crippen molar-refractivity contribution in [2.75, 3.05) is 26.2 Å². The van der Waals surface area contributed by atoms with Crippen molar-refractivity contribution >= 4 is 5.91 Å². The van der Waals surface area contributed by atoms with Crippen LogP contribution < -0.4 is 10.6 Å². The van der Waals surface area contributed by atoms with Crippen molar-refractivity contribution in [1.82, 2.24) is 15.5 Å². The van der Waals surface area contributed by atoms with Crippen LogP contribution >= 0.6 is 0 Å². The summed E-state index contributed by atoms with van der Waals surface area (Å²) in [7, 11) is 0. The highest BCUT2D eigenvalue weighted by Crippen LogP contribution is 2.14. The Balaban J connectivity index is 1.71. The largest absolute Gasteiger partial charge is 0.355 e. The Morgan fingerprint density at radius 3 is 2.67 bits per heavy atom. The molecule has 0 spiro atoms. The molecule has 4 nitrogen and oxygen atoms in total. The van der Waals surface area contributed by atoms with Gasteiger partial charge in [0.05, 0.1) is 6.04 Å². The molecule has 0 aromatic rings. The number of likely N-dealkylation sites (tertiary alicyclic amines) is 1. The Morgan fingerprint density at radius 1 is 1.33 bits per heavy atom. The number of nitrogens with one attached hydrogen (secondary N) is 2. The quantitative estimate of drug-likeness (QED) is 0.785. The van der Waals surface area contributed by atoms with Crippen LogP contribution in [0, 0.1) is 5.92 Å². The molecule has 0 aromatic heterocycles. The topological polar surface area (TPSA) is 44.4 Å². The van der Waals surface area contributed by atoms with E-state index in [4.69, 9.17) is 0 Å². The van der Waals surface area contributed by atoms with Crippen LogP contribution in [0.5, 0.6) is 0 Å². The maximum atomic E-state index is 11.7. The van der Waals surface area contributed by atoms with Crippen molar-refractivity contribution in [3.05, 3.63) is 0 Å². The number of carbonyl (C=O) groups is 1. The van der Waals surface area contributed by atoms with Crippen LogP contribution in [-0.4, -0.2) is 49.1 Å². The molecule has 2 fully saturated rings. The van der Waals surface area contributed by atoms with Crippen molar-refractivity contribution < 1.29 is 4.79 Å². The third-order valence-electron chi connectivity index (χ3n) is 3.93. The summed E-state index contributed by atoms with van der Waals surface area (Å²) < 4.78 is 0. The molecular formula is C14H27N3O. The molecule has 2 heterocycles. The molecule has 18 heavy (non-hydrogen) atoms. The highest BCUT2D eigenvalue weighted by atomic mass is 16.2. The first-order valence-electron chi connectivity index (χ1n) is 7.41. The Labute approximate surface area is 110 Å². The van der Waals surface area contributed by atoms with Gasteiger partial charge in [0.15, 0.2) is 0 Å². The lowest BCUT2D eigenvalue weighted by molar-refractivity contribution is -0.124. The van der Waals surface area contributed by atoms with Gasteiger partial charge < -0.3 is 15.5 Å². The average Bonchev–Trinajstić information content (AvgIpc) is 2.34. The second-order valence-electron chi connectivity index (χ2n) is 6.12. The molecular weight excluding hydrogens is 226 g/mol. The highest BCUT2D eigenvalue weighted by Gasteiger charge is 2.26. The average molecular weight is 253 g/mol. The third-order valence-corrected chi connectivity index (χ3v) is 3.93. The molecule has 1 amide bonds. The fourth-order valence-electron chi connectivity index (χ4n) is 3.01. The Bertz CT molecular complexity index is 272. The molecule has 4 heteroatoms. The molecule has 0 bridgehead atoms. The summed E-state index contributed by atoms with van der Waals surface area (Å²) in [4.78, 5) is 14.2. The van der Waals surface area contributed by atoms with Crippen molar-refractivity contribution in [3.63, 3.8) is 0 Å². The van der Waals surface area contributed by atoms with E-state index < -0.39 is 0 Å². The first kappa shape index (κ1) is 13.8. The third kappa shape index (κ3) is 3.95. The van der Waals surface area contributed by atoms with Gasteiger partial charge in [0.1, 0.15) is 0 Å². The number of piperidine rings is 2. The molecule has 2 saturated heterocycles. The Hall–Kier alpha value is -0.610. The zero-order valence-electron chi connectivity index (χ0n) is 11.7. The summed E-state index contributed by atoms with van der Waals surface area (Å²) in [5, 5.41) is 6.49. The van der Waals surface area contributed by atoms with Crippen LogP contribution in [0.15, 0.2) is 0 Å². The number of hydrogen-bond acceptors (Lipinski definition) is 3. The van der Waals surface area contributed by atoms with Gasteiger partial charge in [0, 0.05) is 19.1 Å². The first-order chi connectivity index (χ1) is 8.65. The first-order valence-corrected chi connectivity index (χ1v) is 7.41. The maximum absolute atomic E-state index is 11.7. The molecule has 2 rings (SSSR count). The molecule has 1 unspecified atom stereocenters. The van der Waals surface area contributed by atoms with E-state index in [2.05, 4.69) is 29.4 Å². The zero-order chi connectivity index (χ0) is 13.0. The lowest BCUT2D eigenvalue weighted by Crippen LogP contribution is -2.54. The molecule has 2 aliphatic rings. The Kier molecular flexibility index (Phi) is 5.01. The smallest absolute Gasteiger partial charge is 0.237 e. The van der Waals surface area contributed by atoms with E-state index in [0.717, 1.165) is 25.3 Å². The van der Waals surface area contributed by atoms with Crippen LogP contribution in [0.25, 0.3) is 0 Å². The van der Waals surface area contributed by atoms with Crippen molar-refractivity contribution in [3.8, 4) is 0 Å². The van der Waals surface area contributed by atoms with E-state index in [0.29, 0.717) is 6.04 Å². The molecule has 2 aliphatic heterocycles. The number of amides is 1. The minimum absolute atomic E-state index is 0.0559. The SMILES string of the molecule is CC(C)CN1CCC(NC2CCCNC2=O)CC1. The fraction of sp³-hybridized carbons (Fsp3) is 0.929. The van der Waals surface area contributed by atoms with E-state index in [1.807, 2.05) is 0 Å². The van der Waals surface area contributed by atoms with Gasteiger partial charge in [0.2, 0.25) is 5.91 Å². The van der Waals surface area contributed by atoms with Gasteiger partial charge in [-0.05, 0) is 44.7 Å². The molecule has 2 N–H and O–H groups in total. The van der Waals surface area contributed by atoms with Gasteiger partial charge >= 0.3 is 0 Å². The normalized spacial score (nSPS) is 27.5.